The molecule has 33 heavy (non-hydrogen) atoms. The Labute approximate surface area is 192 Å². The first-order chi connectivity index (χ1) is 15.9. The Morgan fingerprint density at radius 3 is 2.48 bits per heavy atom. The Hall–Kier alpha value is -3.72. The summed E-state index contributed by atoms with van der Waals surface area (Å²) in [6, 6.07) is 20.7. The van der Waals surface area contributed by atoms with Gasteiger partial charge >= 0.3 is 0 Å². The zero-order valence-corrected chi connectivity index (χ0v) is 19.0. The molecule has 8 nitrogen and oxygen atoms in total. The number of carbonyl (C=O) groups excluding carboxylic acids is 1. The Morgan fingerprint density at radius 1 is 1.03 bits per heavy atom. The molecule has 3 aromatic rings. The fourth-order valence-corrected chi connectivity index (χ4v) is 5.16. The van der Waals surface area contributed by atoms with Gasteiger partial charge in [-0.05, 0) is 29.8 Å². The number of methoxy groups -OCH3 is 2. The smallest absolute Gasteiger partial charge is 0.267 e. The number of benzene rings is 3. The number of nitrogens with zero attached hydrogens (tertiary/aromatic N) is 1. The van der Waals surface area contributed by atoms with Crippen LogP contribution in [0.15, 0.2) is 72.8 Å². The number of nitrogens with one attached hydrogen (secondary N) is 1. The fourth-order valence-electron chi connectivity index (χ4n) is 3.58. The molecular formula is C24H24N2O6S. The van der Waals surface area contributed by atoms with Crippen molar-refractivity contribution in [1.82, 2.24) is 0 Å². The van der Waals surface area contributed by atoms with Gasteiger partial charge in [-0.3, -0.25) is 9.10 Å². The van der Waals surface area contributed by atoms with Crippen LogP contribution in [0.5, 0.6) is 17.2 Å². The predicted molar refractivity (Wildman–Crippen MR) is 125 cm³/mol. The summed E-state index contributed by atoms with van der Waals surface area (Å²) >= 11 is 0. The largest absolute Gasteiger partial charge is 0.497 e. The zero-order chi connectivity index (χ0) is 23.4. The molecule has 9 heteroatoms. The van der Waals surface area contributed by atoms with Crippen LogP contribution in [-0.4, -0.2) is 41.2 Å². The summed E-state index contributed by atoms with van der Waals surface area (Å²) in [5.41, 5.74) is 1.48. The van der Waals surface area contributed by atoms with E-state index in [-0.39, 0.29) is 12.3 Å². The molecule has 0 bridgehead atoms. The van der Waals surface area contributed by atoms with E-state index in [1.807, 2.05) is 6.07 Å². The first-order valence-corrected chi connectivity index (χ1v) is 11.8. The van der Waals surface area contributed by atoms with Crippen LogP contribution in [0.3, 0.4) is 0 Å². The zero-order valence-electron chi connectivity index (χ0n) is 18.2. The van der Waals surface area contributed by atoms with Gasteiger partial charge in [-0.1, -0.05) is 42.5 Å². The summed E-state index contributed by atoms with van der Waals surface area (Å²) in [7, 11) is -0.764. The van der Waals surface area contributed by atoms with E-state index in [2.05, 4.69) is 5.32 Å². The third-order valence-corrected chi connectivity index (χ3v) is 6.94. The van der Waals surface area contributed by atoms with E-state index in [0.717, 1.165) is 0 Å². The van der Waals surface area contributed by atoms with E-state index in [1.165, 1.54) is 18.5 Å². The molecule has 1 aliphatic heterocycles. The van der Waals surface area contributed by atoms with Gasteiger partial charge in [-0.2, -0.15) is 0 Å². The summed E-state index contributed by atoms with van der Waals surface area (Å²) in [6.45, 7) is -0.156. The topological polar surface area (TPSA) is 94.2 Å². The summed E-state index contributed by atoms with van der Waals surface area (Å²) in [6.07, 6.45) is -1.06. The van der Waals surface area contributed by atoms with Crippen LogP contribution < -0.4 is 23.8 Å². The van der Waals surface area contributed by atoms with Crippen LogP contribution >= 0.6 is 0 Å². The first kappa shape index (κ1) is 22.5. The van der Waals surface area contributed by atoms with Crippen LogP contribution in [0.4, 0.5) is 11.4 Å². The first-order valence-electron chi connectivity index (χ1n) is 10.2. The van der Waals surface area contributed by atoms with E-state index in [1.54, 1.807) is 66.7 Å². The van der Waals surface area contributed by atoms with Crippen LogP contribution in [0.1, 0.15) is 5.56 Å². The summed E-state index contributed by atoms with van der Waals surface area (Å²) < 4.78 is 44.3. The summed E-state index contributed by atoms with van der Waals surface area (Å²) in [5, 5.41) is 2.77. The molecule has 0 aromatic heterocycles. The highest BCUT2D eigenvalue weighted by Crippen LogP contribution is 2.36. The van der Waals surface area contributed by atoms with Crippen molar-refractivity contribution in [2.75, 3.05) is 30.4 Å². The Balaban J connectivity index is 1.60. The average molecular weight is 469 g/mol. The van der Waals surface area contributed by atoms with E-state index in [9.17, 15) is 13.2 Å². The Bertz CT molecular complexity index is 1250. The molecule has 172 valence electrons. The highest BCUT2D eigenvalue weighted by atomic mass is 32.2. The van der Waals surface area contributed by atoms with Gasteiger partial charge in [0.05, 0.1) is 37.9 Å². The second-order valence-electron chi connectivity index (χ2n) is 7.40. The monoisotopic (exact) mass is 468 g/mol. The van der Waals surface area contributed by atoms with Crippen molar-refractivity contribution in [2.45, 2.75) is 11.9 Å². The number of hydrogen-bond acceptors (Lipinski definition) is 6. The van der Waals surface area contributed by atoms with Gasteiger partial charge in [0, 0.05) is 6.07 Å². The lowest BCUT2D eigenvalue weighted by Gasteiger charge is -2.34. The molecule has 0 saturated carbocycles. The van der Waals surface area contributed by atoms with Crippen LogP contribution in [0.2, 0.25) is 0 Å². The number of rotatable bonds is 7. The fraction of sp³-hybridized carbons (Fsp3) is 0.208. The number of para-hydroxylation sites is 2. The van der Waals surface area contributed by atoms with Gasteiger partial charge in [0.2, 0.25) is 10.0 Å². The Kier molecular flexibility index (Phi) is 6.41. The lowest BCUT2D eigenvalue weighted by Crippen LogP contribution is -2.49. The number of hydrogen-bond donors (Lipinski definition) is 1. The number of amides is 1. The highest BCUT2D eigenvalue weighted by Gasteiger charge is 2.37. The molecular weight excluding hydrogens is 444 g/mol. The number of fused-ring (bicyclic) bond motifs is 1. The molecule has 1 N–H and O–H groups in total. The number of anilines is 2. The maximum absolute atomic E-state index is 13.3. The SMILES string of the molecule is COc1ccc(NC(=O)C2CN(S(=O)(=O)Cc3ccccc3)c3ccccc3O2)c(OC)c1. The number of carbonyl (C=O) groups is 1. The third kappa shape index (κ3) is 4.88. The van der Waals surface area contributed by atoms with Crippen molar-refractivity contribution in [2.24, 2.45) is 0 Å². The van der Waals surface area contributed by atoms with Gasteiger partial charge in [-0.15, -0.1) is 0 Å². The molecule has 1 unspecified atom stereocenters. The standard InChI is InChI=1S/C24H24N2O6S/c1-30-18-12-13-19(22(14-18)31-2)25-24(27)23-15-26(20-10-6-7-11-21(20)32-23)33(28,29)16-17-8-4-3-5-9-17/h3-14,23H,15-16H2,1-2H3,(H,25,27). The minimum atomic E-state index is -3.78. The van der Waals surface area contributed by atoms with Crippen LogP contribution in [0.25, 0.3) is 0 Å². The maximum atomic E-state index is 13.3. The predicted octanol–water partition coefficient (Wildman–Crippen LogP) is 3.44. The lowest BCUT2D eigenvalue weighted by atomic mass is 10.2. The second-order valence-corrected chi connectivity index (χ2v) is 9.30. The van der Waals surface area contributed by atoms with Crippen molar-refractivity contribution in [1.29, 1.82) is 0 Å². The summed E-state index contributed by atoms with van der Waals surface area (Å²) in [4.78, 5) is 13.1. The molecule has 1 aliphatic rings. The Morgan fingerprint density at radius 2 is 1.76 bits per heavy atom. The van der Waals surface area contributed by atoms with Gasteiger partial charge in [0.1, 0.15) is 17.2 Å². The summed E-state index contributed by atoms with van der Waals surface area (Å²) in [5.74, 6) is 0.622. The molecule has 4 rings (SSSR count). The number of sulfonamides is 1. The molecule has 0 radical (unpaired) electrons. The van der Waals surface area contributed by atoms with Crippen LogP contribution in [-0.2, 0) is 20.6 Å². The van der Waals surface area contributed by atoms with Crippen molar-refractivity contribution < 1.29 is 27.4 Å². The minimum absolute atomic E-state index is 0.156. The molecule has 1 atom stereocenters. The second kappa shape index (κ2) is 9.41. The average Bonchev–Trinajstić information content (AvgIpc) is 2.83. The van der Waals surface area contributed by atoms with Crippen LogP contribution in [0, 0.1) is 0 Å². The van der Waals surface area contributed by atoms with Gasteiger partial charge in [-0.25, -0.2) is 8.42 Å². The van der Waals surface area contributed by atoms with Crippen molar-refractivity contribution in [3.63, 3.8) is 0 Å². The van der Waals surface area contributed by atoms with Crippen molar-refractivity contribution in [3.8, 4) is 17.2 Å². The van der Waals surface area contributed by atoms with E-state index >= 15 is 0 Å². The van der Waals surface area contributed by atoms with Gasteiger partial charge < -0.3 is 19.5 Å². The van der Waals surface area contributed by atoms with Crippen molar-refractivity contribution in [3.05, 3.63) is 78.4 Å². The lowest BCUT2D eigenvalue weighted by molar-refractivity contribution is -0.122. The molecule has 0 fully saturated rings. The van der Waals surface area contributed by atoms with E-state index < -0.39 is 22.0 Å². The normalized spacial score (nSPS) is 15.2. The minimum Gasteiger partial charge on any atom is -0.497 e. The maximum Gasteiger partial charge on any atom is 0.267 e. The van der Waals surface area contributed by atoms with Crippen molar-refractivity contribution >= 4 is 27.3 Å². The van der Waals surface area contributed by atoms with E-state index in [4.69, 9.17) is 14.2 Å². The highest BCUT2D eigenvalue weighted by molar-refractivity contribution is 7.92. The molecule has 0 aliphatic carbocycles. The molecule has 0 spiro atoms. The molecule has 0 saturated heterocycles. The molecule has 1 heterocycles. The van der Waals surface area contributed by atoms with Gasteiger partial charge in [0.25, 0.3) is 5.91 Å². The quantitative estimate of drug-likeness (QED) is 0.571. The van der Waals surface area contributed by atoms with Gasteiger partial charge in [0.15, 0.2) is 6.10 Å². The van der Waals surface area contributed by atoms with E-state index in [0.29, 0.717) is 34.2 Å². The molecule has 1 amide bonds. The number of ether oxygens (including phenoxy) is 3. The third-order valence-electron chi connectivity index (χ3n) is 5.22. The molecule has 3 aromatic carbocycles.